The molecule has 1 aromatic carbocycles. The number of carbonyl (C=O) groups excluding carboxylic acids is 1. The summed E-state index contributed by atoms with van der Waals surface area (Å²) in [5.74, 6) is 0.829. The van der Waals surface area contributed by atoms with Crippen LogP contribution in [-0.2, 0) is 16.0 Å². The minimum absolute atomic E-state index is 0.0700. The summed E-state index contributed by atoms with van der Waals surface area (Å²) < 4.78 is 10.4. The Morgan fingerprint density at radius 3 is 2.84 bits per heavy atom. The predicted octanol–water partition coefficient (Wildman–Crippen LogP) is 2.17. The highest BCUT2D eigenvalue weighted by Crippen LogP contribution is 2.15. The molecule has 4 nitrogen and oxygen atoms in total. The molecule has 1 amide bonds. The summed E-state index contributed by atoms with van der Waals surface area (Å²) in [5.41, 5.74) is 1.22. The fourth-order valence-corrected chi connectivity index (χ4v) is 1.75. The average molecular weight is 265 g/mol. The summed E-state index contributed by atoms with van der Waals surface area (Å²) in [4.78, 5) is 11.2. The third-order valence-electron chi connectivity index (χ3n) is 2.51. The van der Waals surface area contributed by atoms with Crippen LogP contribution >= 0.6 is 0 Å². The molecule has 1 rings (SSSR count). The first-order chi connectivity index (χ1) is 9.11. The Balaban J connectivity index is 2.31. The summed E-state index contributed by atoms with van der Waals surface area (Å²) in [7, 11) is 1.51. The summed E-state index contributed by atoms with van der Waals surface area (Å²) in [6, 6.07) is 8.08. The van der Waals surface area contributed by atoms with Gasteiger partial charge in [0, 0.05) is 13.7 Å². The van der Waals surface area contributed by atoms with E-state index in [-0.39, 0.29) is 18.6 Å². The number of amides is 1. The van der Waals surface area contributed by atoms with Gasteiger partial charge in [-0.3, -0.25) is 4.79 Å². The largest absolute Gasteiger partial charge is 0.491 e. The molecule has 1 N–H and O–H groups in total. The van der Waals surface area contributed by atoms with E-state index in [0.29, 0.717) is 6.54 Å². The highest BCUT2D eigenvalue weighted by molar-refractivity contribution is 5.77. The lowest BCUT2D eigenvalue weighted by Crippen LogP contribution is -2.28. The fourth-order valence-electron chi connectivity index (χ4n) is 1.75. The first kappa shape index (κ1) is 15.5. The summed E-state index contributed by atoms with van der Waals surface area (Å²) >= 11 is 0. The van der Waals surface area contributed by atoms with E-state index in [0.717, 1.165) is 18.6 Å². The Morgan fingerprint density at radius 1 is 1.37 bits per heavy atom. The molecule has 0 aliphatic rings. The third kappa shape index (κ3) is 6.82. The van der Waals surface area contributed by atoms with Gasteiger partial charge in [-0.15, -0.1) is 0 Å². The second-order valence-corrected chi connectivity index (χ2v) is 4.70. The number of hydrogen-bond donors (Lipinski definition) is 1. The summed E-state index contributed by atoms with van der Waals surface area (Å²) in [6.45, 7) is 4.81. The number of rotatable bonds is 8. The molecule has 0 fully saturated rings. The standard InChI is InChI=1S/C15H23NO3/c1-12(2)19-14-8-4-6-13(10-14)7-5-9-16-15(17)11-18-3/h4,6,8,10,12H,5,7,9,11H2,1-3H3,(H,16,17). The van der Waals surface area contributed by atoms with E-state index in [9.17, 15) is 4.79 Å². The SMILES string of the molecule is COCC(=O)NCCCc1cccc(OC(C)C)c1. The maximum atomic E-state index is 11.2. The third-order valence-corrected chi connectivity index (χ3v) is 2.51. The molecule has 4 heteroatoms. The molecule has 0 spiro atoms. The Bertz CT molecular complexity index is 391. The second-order valence-electron chi connectivity index (χ2n) is 4.70. The van der Waals surface area contributed by atoms with E-state index in [2.05, 4.69) is 17.4 Å². The van der Waals surface area contributed by atoms with Gasteiger partial charge in [0.05, 0.1) is 6.10 Å². The van der Waals surface area contributed by atoms with Crippen LogP contribution in [0.4, 0.5) is 0 Å². The summed E-state index contributed by atoms with van der Waals surface area (Å²) in [6.07, 6.45) is 2.01. The van der Waals surface area contributed by atoms with Crippen LogP contribution in [0.2, 0.25) is 0 Å². The smallest absolute Gasteiger partial charge is 0.245 e. The van der Waals surface area contributed by atoms with E-state index in [1.54, 1.807) is 0 Å². The number of benzene rings is 1. The maximum Gasteiger partial charge on any atom is 0.245 e. The molecule has 19 heavy (non-hydrogen) atoms. The number of carbonyl (C=O) groups is 1. The molecule has 0 unspecified atom stereocenters. The van der Waals surface area contributed by atoms with Gasteiger partial charge in [0.1, 0.15) is 12.4 Å². The molecular formula is C15H23NO3. The summed E-state index contributed by atoms with van der Waals surface area (Å²) in [5, 5.41) is 2.81. The Morgan fingerprint density at radius 2 is 2.16 bits per heavy atom. The van der Waals surface area contributed by atoms with Gasteiger partial charge in [0.2, 0.25) is 5.91 Å². The van der Waals surface area contributed by atoms with Crippen molar-refractivity contribution < 1.29 is 14.3 Å². The van der Waals surface area contributed by atoms with Crippen LogP contribution in [0.1, 0.15) is 25.8 Å². The molecule has 0 radical (unpaired) electrons. The second kappa shape index (κ2) is 8.53. The molecule has 0 saturated carbocycles. The highest BCUT2D eigenvalue weighted by atomic mass is 16.5. The highest BCUT2D eigenvalue weighted by Gasteiger charge is 2.01. The number of hydrogen-bond acceptors (Lipinski definition) is 3. The fraction of sp³-hybridized carbons (Fsp3) is 0.533. The van der Waals surface area contributed by atoms with Gasteiger partial charge < -0.3 is 14.8 Å². The van der Waals surface area contributed by atoms with Gasteiger partial charge in [-0.2, -0.15) is 0 Å². The Kier molecular flexibility index (Phi) is 6.97. The van der Waals surface area contributed by atoms with Crippen molar-refractivity contribution in [2.24, 2.45) is 0 Å². The molecule has 0 bridgehead atoms. The number of methoxy groups -OCH3 is 1. The zero-order valence-electron chi connectivity index (χ0n) is 11.9. The molecule has 106 valence electrons. The first-order valence-electron chi connectivity index (χ1n) is 6.63. The van der Waals surface area contributed by atoms with Crippen molar-refractivity contribution >= 4 is 5.91 Å². The lowest BCUT2D eigenvalue weighted by atomic mass is 10.1. The van der Waals surface area contributed by atoms with E-state index < -0.39 is 0 Å². The maximum absolute atomic E-state index is 11.2. The number of ether oxygens (including phenoxy) is 2. The van der Waals surface area contributed by atoms with E-state index in [4.69, 9.17) is 9.47 Å². The minimum atomic E-state index is -0.0700. The van der Waals surface area contributed by atoms with E-state index >= 15 is 0 Å². The molecule has 0 saturated heterocycles. The van der Waals surface area contributed by atoms with Gasteiger partial charge in [-0.25, -0.2) is 0 Å². The lowest BCUT2D eigenvalue weighted by molar-refractivity contribution is -0.124. The number of aryl methyl sites for hydroxylation is 1. The van der Waals surface area contributed by atoms with Gasteiger partial charge in [-0.1, -0.05) is 12.1 Å². The van der Waals surface area contributed by atoms with Crippen molar-refractivity contribution in [2.75, 3.05) is 20.3 Å². The van der Waals surface area contributed by atoms with Gasteiger partial charge in [0.25, 0.3) is 0 Å². The van der Waals surface area contributed by atoms with Crippen molar-refractivity contribution in [1.82, 2.24) is 5.32 Å². The van der Waals surface area contributed by atoms with Crippen molar-refractivity contribution in [3.05, 3.63) is 29.8 Å². The normalized spacial score (nSPS) is 10.5. The molecule has 1 aromatic rings. The van der Waals surface area contributed by atoms with Gasteiger partial charge >= 0.3 is 0 Å². The van der Waals surface area contributed by atoms with Crippen LogP contribution in [-0.4, -0.2) is 32.3 Å². The molecule has 0 atom stereocenters. The zero-order chi connectivity index (χ0) is 14.1. The van der Waals surface area contributed by atoms with Crippen LogP contribution < -0.4 is 10.1 Å². The van der Waals surface area contributed by atoms with Crippen LogP contribution in [0.3, 0.4) is 0 Å². The van der Waals surface area contributed by atoms with Crippen LogP contribution in [0.15, 0.2) is 24.3 Å². The lowest BCUT2D eigenvalue weighted by Gasteiger charge is -2.11. The van der Waals surface area contributed by atoms with E-state index in [1.165, 1.54) is 12.7 Å². The van der Waals surface area contributed by atoms with Crippen LogP contribution in [0, 0.1) is 0 Å². The van der Waals surface area contributed by atoms with Gasteiger partial charge in [0.15, 0.2) is 0 Å². The zero-order valence-corrected chi connectivity index (χ0v) is 11.9. The quantitative estimate of drug-likeness (QED) is 0.733. The molecular weight excluding hydrogens is 242 g/mol. The van der Waals surface area contributed by atoms with Crippen molar-refractivity contribution in [1.29, 1.82) is 0 Å². The van der Waals surface area contributed by atoms with Crippen LogP contribution in [0.5, 0.6) is 5.75 Å². The number of nitrogens with one attached hydrogen (secondary N) is 1. The minimum Gasteiger partial charge on any atom is -0.491 e. The molecule has 0 aliphatic heterocycles. The van der Waals surface area contributed by atoms with Crippen molar-refractivity contribution in [2.45, 2.75) is 32.8 Å². The molecule has 0 heterocycles. The predicted molar refractivity (Wildman–Crippen MR) is 75.4 cm³/mol. The van der Waals surface area contributed by atoms with Crippen LogP contribution in [0.25, 0.3) is 0 Å². The Hall–Kier alpha value is -1.55. The topological polar surface area (TPSA) is 47.6 Å². The van der Waals surface area contributed by atoms with Crippen molar-refractivity contribution in [3.8, 4) is 5.75 Å². The van der Waals surface area contributed by atoms with Crippen molar-refractivity contribution in [3.63, 3.8) is 0 Å². The molecule has 0 aliphatic carbocycles. The Labute approximate surface area is 115 Å². The average Bonchev–Trinajstić information content (AvgIpc) is 2.35. The molecule has 0 aromatic heterocycles. The monoisotopic (exact) mass is 265 g/mol. The first-order valence-corrected chi connectivity index (χ1v) is 6.63. The van der Waals surface area contributed by atoms with E-state index in [1.807, 2.05) is 26.0 Å². The van der Waals surface area contributed by atoms with Gasteiger partial charge in [-0.05, 0) is 44.4 Å².